The summed E-state index contributed by atoms with van der Waals surface area (Å²) in [6, 6.07) is 4.83. The molecule has 0 spiro atoms. The number of carbonyl (C=O) groups excluding carboxylic acids is 2. The first-order valence-electron chi connectivity index (χ1n) is 6.87. The van der Waals surface area contributed by atoms with Gasteiger partial charge in [-0.3, -0.25) is 9.59 Å². The molecule has 1 unspecified atom stereocenters. The molecule has 1 aliphatic heterocycles. The monoisotopic (exact) mass is 309 g/mol. The Hall–Kier alpha value is -1.59. The van der Waals surface area contributed by atoms with Crippen LogP contribution in [0.1, 0.15) is 24.8 Å². The van der Waals surface area contributed by atoms with E-state index in [0.717, 1.165) is 11.3 Å². The normalized spacial score (nSPS) is 18.3. The molecular formula is C15H20ClN3O2. The van der Waals surface area contributed by atoms with Gasteiger partial charge in [-0.1, -0.05) is 11.6 Å². The summed E-state index contributed by atoms with van der Waals surface area (Å²) >= 11 is 6.05. The fourth-order valence-corrected chi connectivity index (χ4v) is 2.72. The van der Waals surface area contributed by atoms with Gasteiger partial charge in [-0.2, -0.15) is 0 Å². The molecule has 1 aromatic carbocycles. The molecule has 0 fully saturated rings. The maximum absolute atomic E-state index is 12.2. The molecule has 2 N–H and O–H groups in total. The van der Waals surface area contributed by atoms with Crippen molar-refractivity contribution >= 4 is 29.1 Å². The van der Waals surface area contributed by atoms with Crippen LogP contribution >= 0.6 is 11.6 Å². The number of nitrogens with zero attached hydrogens (tertiary/aromatic N) is 2. The third-order valence-electron chi connectivity index (χ3n) is 3.70. The molecule has 1 aliphatic rings. The van der Waals surface area contributed by atoms with Crippen LogP contribution < -0.4 is 10.6 Å². The predicted octanol–water partition coefficient (Wildman–Crippen LogP) is 1.60. The average molecular weight is 310 g/mol. The molecule has 6 heteroatoms. The fraction of sp³-hybridized carbons (Fsp3) is 0.467. The molecule has 5 nitrogen and oxygen atoms in total. The average Bonchev–Trinajstić information content (AvgIpc) is 2.75. The summed E-state index contributed by atoms with van der Waals surface area (Å²) in [7, 11) is 3.45. The van der Waals surface area contributed by atoms with E-state index in [1.165, 1.54) is 0 Å². The van der Waals surface area contributed by atoms with Crippen LogP contribution in [-0.4, -0.2) is 43.4 Å². The van der Waals surface area contributed by atoms with Gasteiger partial charge in [-0.05, 0) is 30.7 Å². The van der Waals surface area contributed by atoms with Crippen molar-refractivity contribution in [1.29, 1.82) is 0 Å². The molecule has 2 amide bonds. The molecule has 1 heterocycles. The lowest BCUT2D eigenvalue weighted by molar-refractivity contribution is -0.129. The number of hydrogen-bond donors (Lipinski definition) is 1. The van der Waals surface area contributed by atoms with Crippen molar-refractivity contribution in [3.63, 3.8) is 0 Å². The van der Waals surface area contributed by atoms with Crippen molar-refractivity contribution in [2.45, 2.75) is 25.3 Å². The van der Waals surface area contributed by atoms with E-state index >= 15 is 0 Å². The van der Waals surface area contributed by atoms with Gasteiger partial charge in [0.25, 0.3) is 0 Å². The van der Waals surface area contributed by atoms with Gasteiger partial charge in [0, 0.05) is 43.7 Å². The number of carbonyl (C=O) groups is 2. The Labute approximate surface area is 129 Å². The summed E-state index contributed by atoms with van der Waals surface area (Å²) in [5.41, 5.74) is 7.45. The molecule has 114 valence electrons. The standard InChI is InChI=1S/C15H20ClN3O2/c1-9(17)15(21)19-8-10(6-14(20)18(2)3)12-7-11(16)4-5-13(12)19/h4-5,7,9-10H,6,8,17H2,1-3H3/t9-,10?/m1/s1. The van der Waals surface area contributed by atoms with Crippen molar-refractivity contribution in [3.8, 4) is 0 Å². The molecule has 2 rings (SSSR count). The lowest BCUT2D eigenvalue weighted by Crippen LogP contribution is -2.41. The molecule has 0 saturated heterocycles. The van der Waals surface area contributed by atoms with Crippen LogP contribution in [0.15, 0.2) is 18.2 Å². The molecule has 0 radical (unpaired) electrons. The summed E-state index contributed by atoms with van der Waals surface area (Å²) in [4.78, 5) is 27.4. The zero-order valence-corrected chi connectivity index (χ0v) is 13.2. The Kier molecular flexibility index (Phi) is 4.54. The first-order chi connectivity index (χ1) is 9.81. The van der Waals surface area contributed by atoms with E-state index in [0.29, 0.717) is 18.0 Å². The summed E-state index contributed by atoms with van der Waals surface area (Å²) in [6.45, 7) is 2.13. The van der Waals surface area contributed by atoms with Gasteiger partial charge in [-0.15, -0.1) is 0 Å². The van der Waals surface area contributed by atoms with Crippen molar-refractivity contribution in [3.05, 3.63) is 28.8 Å². The first kappa shape index (κ1) is 15.8. The van der Waals surface area contributed by atoms with E-state index in [2.05, 4.69) is 0 Å². The predicted molar refractivity (Wildman–Crippen MR) is 83.5 cm³/mol. The molecule has 2 atom stereocenters. The highest BCUT2D eigenvalue weighted by molar-refractivity contribution is 6.30. The number of hydrogen-bond acceptors (Lipinski definition) is 3. The zero-order valence-electron chi connectivity index (χ0n) is 12.5. The second-order valence-corrected chi connectivity index (χ2v) is 6.07. The fourth-order valence-electron chi connectivity index (χ4n) is 2.54. The van der Waals surface area contributed by atoms with Gasteiger partial charge in [0.15, 0.2) is 0 Å². The maximum Gasteiger partial charge on any atom is 0.243 e. The topological polar surface area (TPSA) is 66.6 Å². The number of fused-ring (bicyclic) bond motifs is 1. The van der Waals surface area contributed by atoms with Crippen molar-refractivity contribution in [2.75, 3.05) is 25.5 Å². The third-order valence-corrected chi connectivity index (χ3v) is 3.93. The summed E-state index contributed by atoms with van der Waals surface area (Å²) < 4.78 is 0. The van der Waals surface area contributed by atoms with E-state index < -0.39 is 6.04 Å². The van der Waals surface area contributed by atoms with Gasteiger partial charge in [-0.25, -0.2) is 0 Å². The largest absolute Gasteiger partial charge is 0.349 e. The summed E-state index contributed by atoms with van der Waals surface area (Å²) in [5.74, 6) is -0.157. The second-order valence-electron chi connectivity index (χ2n) is 5.63. The lowest BCUT2D eigenvalue weighted by atomic mass is 9.97. The van der Waals surface area contributed by atoms with Crippen LogP contribution in [0.4, 0.5) is 5.69 Å². The molecule has 0 saturated carbocycles. The van der Waals surface area contributed by atoms with E-state index in [9.17, 15) is 9.59 Å². The van der Waals surface area contributed by atoms with Crippen molar-refractivity contribution < 1.29 is 9.59 Å². The van der Waals surface area contributed by atoms with Crippen molar-refractivity contribution in [2.24, 2.45) is 5.73 Å². The van der Waals surface area contributed by atoms with Crippen LogP contribution in [0, 0.1) is 0 Å². The number of amides is 2. The van der Waals surface area contributed by atoms with E-state index in [4.69, 9.17) is 17.3 Å². The molecule has 1 aromatic rings. The van der Waals surface area contributed by atoms with Crippen LogP contribution in [0.25, 0.3) is 0 Å². The van der Waals surface area contributed by atoms with Crippen LogP contribution in [0.3, 0.4) is 0 Å². The van der Waals surface area contributed by atoms with Gasteiger partial charge >= 0.3 is 0 Å². The minimum absolute atomic E-state index is 0.0287. The van der Waals surface area contributed by atoms with Gasteiger partial charge in [0.2, 0.25) is 11.8 Å². The minimum Gasteiger partial charge on any atom is -0.349 e. The van der Waals surface area contributed by atoms with Crippen LogP contribution in [0.5, 0.6) is 0 Å². The second kappa shape index (κ2) is 6.03. The van der Waals surface area contributed by atoms with E-state index in [1.54, 1.807) is 36.9 Å². The summed E-state index contributed by atoms with van der Waals surface area (Å²) in [5, 5.41) is 0.603. The quantitative estimate of drug-likeness (QED) is 0.922. The Balaban J connectivity index is 2.33. The van der Waals surface area contributed by atoms with Crippen LogP contribution in [-0.2, 0) is 9.59 Å². The number of nitrogens with two attached hydrogens (primary N) is 1. The number of halogens is 1. The van der Waals surface area contributed by atoms with Gasteiger partial charge < -0.3 is 15.5 Å². The maximum atomic E-state index is 12.2. The summed E-state index contributed by atoms with van der Waals surface area (Å²) in [6.07, 6.45) is 0.350. The van der Waals surface area contributed by atoms with Gasteiger partial charge in [0.1, 0.15) is 0 Å². The zero-order chi connectivity index (χ0) is 15.7. The highest BCUT2D eigenvalue weighted by Crippen LogP contribution is 2.40. The Morgan fingerprint density at radius 2 is 2.14 bits per heavy atom. The molecule has 0 aliphatic carbocycles. The molecule has 0 aromatic heterocycles. The van der Waals surface area contributed by atoms with Crippen LogP contribution in [0.2, 0.25) is 5.02 Å². The van der Waals surface area contributed by atoms with E-state index in [-0.39, 0.29) is 17.7 Å². The Morgan fingerprint density at radius 3 is 2.71 bits per heavy atom. The molecule has 0 bridgehead atoms. The number of benzene rings is 1. The minimum atomic E-state index is -0.572. The SMILES string of the molecule is C[C@@H](N)C(=O)N1CC(CC(=O)N(C)C)c2cc(Cl)ccc21. The lowest BCUT2D eigenvalue weighted by Gasteiger charge is -2.20. The number of rotatable bonds is 3. The first-order valence-corrected chi connectivity index (χ1v) is 7.25. The molecular weight excluding hydrogens is 290 g/mol. The van der Waals surface area contributed by atoms with Crippen molar-refractivity contribution in [1.82, 2.24) is 4.90 Å². The smallest absolute Gasteiger partial charge is 0.243 e. The van der Waals surface area contributed by atoms with Gasteiger partial charge in [0.05, 0.1) is 6.04 Å². The molecule has 21 heavy (non-hydrogen) atoms. The Morgan fingerprint density at radius 1 is 1.48 bits per heavy atom. The number of anilines is 1. The highest BCUT2D eigenvalue weighted by Gasteiger charge is 2.34. The van der Waals surface area contributed by atoms with E-state index in [1.807, 2.05) is 12.1 Å². The highest BCUT2D eigenvalue weighted by atomic mass is 35.5. The third kappa shape index (κ3) is 3.19. The Bertz CT molecular complexity index is 572.